The van der Waals surface area contributed by atoms with Gasteiger partial charge in [0.15, 0.2) is 0 Å². The largest absolute Gasteiger partial charge is 0.348 e. The van der Waals surface area contributed by atoms with Crippen LogP contribution in [0.15, 0.2) is 60.8 Å². The van der Waals surface area contributed by atoms with Gasteiger partial charge in [-0.2, -0.15) is 0 Å². The summed E-state index contributed by atoms with van der Waals surface area (Å²) in [5, 5.41) is 2.93. The lowest BCUT2D eigenvalue weighted by atomic mass is 10.0. The van der Waals surface area contributed by atoms with Gasteiger partial charge in [0, 0.05) is 25.7 Å². The van der Waals surface area contributed by atoms with Crippen molar-refractivity contribution in [3.05, 3.63) is 94.8 Å². The van der Waals surface area contributed by atoms with Gasteiger partial charge in [-0.1, -0.05) is 48.5 Å². The van der Waals surface area contributed by atoms with Gasteiger partial charge in [0.1, 0.15) is 11.6 Å². The molecule has 1 aliphatic rings. The van der Waals surface area contributed by atoms with Crippen molar-refractivity contribution >= 4 is 11.8 Å². The predicted molar refractivity (Wildman–Crippen MR) is 123 cm³/mol. The SMILES string of the molecule is Cc1ncc(C(=O)NCc2ccccc2)c([C@@H]2CCCN2C(=O)CCc2ccccc2F)n1. The molecule has 0 spiro atoms. The van der Waals surface area contributed by atoms with Gasteiger partial charge >= 0.3 is 0 Å². The Kier molecular flexibility index (Phi) is 7.07. The molecule has 4 rings (SSSR count). The van der Waals surface area contributed by atoms with Crippen LogP contribution in [-0.4, -0.2) is 33.2 Å². The monoisotopic (exact) mass is 446 g/mol. The van der Waals surface area contributed by atoms with E-state index in [9.17, 15) is 14.0 Å². The lowest BCUT2D eigenvalue weighted by Crippen LogP contribution is -2.33. The third kappa shape index (κ3) is 5.42. The Morgan fingerprint density at radius 1 is 1.12 bits per heavy atom. The van der Waals surface area contributed by atoms with Gasteiger partial charge < -0.3 is 10.2 Å². The number of benzene rings is 2. The van der Waals surface area contributed by atoms with E-state index in [0.29, 0.717) is 42.2 Å². The smallest absolute Gasteiger partial charge is 0.255 e. The fourth-order valence-electron chi connectivity index (χ4n) is 4.23. The number of nitrogens with one attached hydrogen (secondary N) is 1. The van der Waals surface area contributed by atoms with E-state index in [2.05, 4.69) is 15.3 Å². The van der Waals surface area contributed by atoms with E-state index in [4.69, 9.17) is 0 Å². The Bertz CT molecular complexity index is 1140. The van der Waals surface area contributed by atoms with Crippen molar-refractivity contribution in [2.24, 2.45) is 0 Å². The van der Waals surface area contributed by atoms with E-state index in [-0.39, 0.29) is 30.1 Å². The highest BCUT2D eigenvalue weighted by Crippen LogP contribution is 2.33. The van der Waals surface area contributed by atoms with E-state index < -0.39 is 0 Å². The summed E-state index contributed by atoms with van der Waals surface area (Å²) in [6.45, 7) is 2.76. The summed E-state index contributed by atoms with van der Waals surface area (Å²) in [5.41, 5.74) is 2.48. The molecule has 1 fully saturated rings. The maximum atomic E-state index is 14.0. The van der Waals surface area contributed by atoms with Crippen molar-refractivity contribution in [3.63, 3.8) is 0 Å². The van der Waals surface area contributed by atoms with Crippen molar-refractivity contribution < 1.29 is 14.0 Å². The van der Waals surface area contributed by atoms with Crippen molar-refractivity contribution in [1.82, 2.24) is 20.2 Å². The van der Waals surface area contributed by atoms with Crippen LogP contribution in [-0.2, 0) is 17.8 Å². The number of amides is 2. The average Bonchev–Trinajstić information content (AvgIpc) is 3.32. The van der Waals surface area contributed by atoms with E-state index in [0.717, 1.165) is 18.4 Å². The highest BCUT2D eigenvalue weighted by Gasteiger charge is 2.33. The van der Waals surface area contributed by atoms with Gasteiger partial charge in [-0.25, -0.2) is 14.4 Å². The molecule has 3 aromatic rings. The summed E-state index contributed by atoms with van der Waals surface area (Å²) in [6.07, 6.45) is 3.63. The zero-order chi connectivity index (χ0) is 23.2. The van der Waals surface area contributed by atoms with Crippen LogP contribution in [0.4, 0.5) is 4.39 Å². The molecule has 2 amide bonds. The molecule has 33 heavy (non-hydrogen) atoms. The number of carbonyl (C=O) groups is 2. The summed E-state index contributed by atoms with van der Waals surface area (Å²) < 4.78 is 14.0. The molecule has 170 valence electrons. The normalized spacial score (nSPS) is 15.5. The third-order valence-electron chi connectivity index (χ3n) is 5.93. The quantitative estimate of drug-likeness (QED) is 0.592. The minimum absolute atomic E-state index is 0.0623. The number of likely N-dealkylation sites (tertiary alicyclic amines) is 1. The first-order chi connectivity index (χ1) is 16.0. The van der Waals surface area contributed by atoms with Gasteiger partial charge in [0.05, 0.1) is 17.3 Å². The first-order valence-corrected chi connectivity index (χ1v) is 11.2. The molecule has 0 saturated carbocycles. The standard InChI is InChI=1S/C26H27FN4O2/c1-18-28-17-21(26(33)29-16-19-8-3-2-4-9-19)25(30-18)23-12-7-15-31(23)24(32)14-13-20-10-5-6-11-22(20)27/h2-6,8-11,17,23H,7,12-16H2,1H3,(H,29,33)/t23-/m0/s1. The lowest BCUT2D eigenvalue weighted by molar-refractivity contribution is -0.132. The maximum Gasteiger partial charge on any atom is 0.255 e. The number of hydrogen-bond donors (Lipinski definition) is 1. The minimum Gasteiger partial charge on any atom is -0.348 e. The van der Waals surface area contributed by atoms with E-state index in [1.807, 2.05) is 30.3 Å². The van der Waals surface area contributed by atoms with Crippen LogP contribution in [0, 0.1) is 12.7 Å². The van der Waals surface area contributed by atoms with Gasteiger partial charge in [0.2, 0.25) is 5.91 Å². The van der Waals surface area contributed by atoms with E-state index in [1.165, 1.54) is 12.3 Å². The molecule has 1 aliphatic heterocycles. The van der Waals surface area contributed by atoms with Crippen LogP contribution in [0.3, 0.4) is 0 Å². The molecule has 1 saturated heterocycles. The second-order valence-corrected chi connectivity index (χ2v) is 8.22. The molecular weight excluding hydrogens is 419 g/mol. The topological polar surface area (TPSA) is 75.2 Å². The molecule has 2 heterocycles. The first kappa shape index (κ1) is 22.6. The molecule has 2 aromatic carbocycles. The van der Waals surface area contributed by atoms with Crippen molar-refractivity contribution in [1.29, 1.82) is 0 Å². The Morgan fingerprint density at radius 2 is 1.88 bits per heavy atom. The number of hydrogen-bond acceptors (Lipinski definition) is 4. The van der Waals surface area contributed by atoms with E-state index >= 15 is 0 Å². The zero-order valence-electron chi connectivity index (χ0n) is 18.6. The molecule has 0 unspecified atom stereocenters. The molecule has 7 heteroatoms. The second kappa shape index (κ2) is 10.3. The highest BCUT2D eigenvalue weighted by molar-refractivity contribution is 5.95. The molecule has 0 bridgehead atoms. The fourth-order valence-corrected chi connectivity index (χ4v) is 4.23. The van der Waals surface area contributed by atoms with Gasteiger partial charge in [0.25, 0.3) is 5.91 Å². The number of aromatic nitrogens is 2. The van der Waals surface area contributed by atoms with E-state index in [1.54, 1.807) is 30.0 Å². The highest BCUT2D eigenvalue weighted by atomic mass is 19.1. The summed E-state index contributed by atoms with van der Waals surface area (Å²) in [4.78, 5) is 36.6. The fraction of sp³-hybridized carbons (Fsp3) is 0.308. The zero-order valence-corrected chi connectivity index (χ0v) is 18.6. The lowest BCUT2D eigenvalue weighted by Gasteiger charge is -2.26. The van der Waals surface area contributed by atoms with Crippen molar-refractivity contribution in [3.8, 4) is 0 Å². The number of carbonyl (C=O) groups excluding carboxylic acids is 2. The van der Waals surface area contributed by atoms with Crippen molar-refractivity contribution in [2.45, 2.75) is 45.2 Å². The Labute approximate surface area is 192 Å². The van der Waals surface area contributed by atoms with Crippen LogP contribution >= 0.6 is 0 Å². The Morgan fingerprint density at radius 3 is 2.67 bits per heavy atom. The first-order valence-electron chi connectivity index (χ1n) is 11.2. The number of halogens is 1. The number of nitrogens with zero attached hydrogens (tertiary/aromatic N) is 3. The predicted octanol–water partition coefficient (Wildman–Crippen LogP) is 4.15. The molecule has 0 aliphatic carbocycles. The maximum absolute atomic E-state index is 14.0. The molecule has 0 radical (unpaired) electrons. The van der Waals surface area contributed by atoms with Crippen LogP contribution in [0.5, 0.6) is 0 Å². The Balaban J connectivity index is 1.49. The van der Waals surface area contributed by atoms with Crippen LogP contribution in [0.2, 0.25) is 0 Å². The minimum atomic E-state index is -0.299. The summed E-state index contributed by atoms with van der Waals surface area (Å²) in [5.74, 6) is -0.0745. The number of rotatable bonds is 7. The molecule has 1 atom stereocenters. The third-order valence-corrected chi connectivity index (χ3v) is 5.93. The number of aryl methyl sites for hydroxylation is 2. The summed E-state index contributed by atoms with van der Waals surface area (Å²) in [6, 6.07) is 15.9. The van der Waals surface area contributed by atoms with Crippen LogP contribution < -0.4 is 5.32 Å². The Hall–Kier alpha value is -3.61. The molecular formula is C26H27FN4O2. The summed E-state index contributed by atoms with van der Waals surface area (Å²) in [7, 11) is 0. The molecule has 1 N–H and O–H groups in total. The van der Waals surface area contributed by atoms with Gasteiger partial charge in [-0.15, -0.1) is 0 Å². The molecule has 6 nitrogen and oxygen atoms in total. The second-order valence-electron chi connectivity index (χ2n) is 8.22. The average molecular weight is 447 g/mol. The van der Waals surface area contributed by atoms with Gasteiger partial charge in [-0.05, 0) is 43.4 Å². The van der Waals surface area contributed by atoms with Gasteiger partial charge in [-0.3, -0.25) is 9.59 Å². The molecule has 1 aromatic heterocycles. The van der Waals surface area contributed by atoms with Crippen molar-refractivity contribution in [2.75, 3.05) is 6.54 Å². The summed E-state index contributed by atoms with van der Waals surface area (Å²) >= 11 is 0. The van der Waals surface area contributed by atoms with Crippen LogP contribution in [0.25, 0.3) is 0 Å². The van der Waals surface area contributed by atoms with Crippen LogP contribution in [0.1, 0.15) is 58.3 Å².